The van der Waals surface area contributed by atoms with E-state index >= 15 is 0 Å². The summed E-state index contributed by atoms with van der Waals surface area (Å²) in [4.78, 5) is 25.8. The second-order valence-corrected chi connectivity index (χ2v) is 11.2. The molecule has 2 unspecified atom stereocenters. The van der Waals surface area contributed by atoms with Gasteiger partial charge in [0.1, 0.15) is 11.6 Å². The molecular formula is C29H29Cl2F4N5O. The van der Waals surface area contributed by atoms with Gasteiger partial charge in [0.2, 0.25) is 0 Å². The number of likely N-dealkylation sites (N-methyl/N-ethyl adjacent to an activating group) is 1. The van der Waals surface area contributed by atoms with E-state index in [2.05, 4.69) is 9.88 Å². The molecule has 1 aromatic heterocycles. The van der Waals surface area contributed by atoms with E-state index in [9.17, 15) is 22.4 Å². The summed E-state index contributed by atoms with van der Waals surface area (Å²) in [6.45, 7) is 3.44. The Labute approximate surface area is 246 Å². The van der Waals surface area contributed by atoms with Crippen LogP contribution < -0.4 is 4.90 Å². The van der Waals surface area contributed by atoms with Gasteiger partial charge in [0.25, 0.3) is 0 Å². The Morgan fingerprint density at radius 2 is 1.73 bits per heavy atom. The molecule has 3 aromatic rings. The van der Waals surface area contributed by atoms with Crippen molar-refractivity contribution >= 4 is 35.1 Å². The number of benzene rings is 2. The van der Waals surface area contributed by atoms with Gasteiger partial charge in [0.05, 0.1) is 15.6 Å². The first-order chi connectivity index (χ1) is 19.5. The second kappa shape index (κ2) is 12.0. The third kappa shape index (κ3) is 6.55. The zero-order chi connectivity index (χ0) is 29.3. The van der Waals surface area contributed by atoms with Crippen molar-refractivity contribution in [1.29, 1.82) is 0 Å². The first-order valence-electron chi connectivity index (χ1n) is 13.2. The molecule has 0 N–H and O–H groups in total. The quantitative estimate of drug-likeness (QED) is 0.315. The number of carbonyl (C=O) groups is 1. The van der Waals surface area contributed by atoms with Crippen LogP contribution in [-0.2, 0) is 12.7 Å². The monoisotopic (exact) mass is 609 g/mol. The van der Waals surface area contributed by atoms with E-state index in [1.54, 1.807) is 23.2 Å². The number of hydrogen-bond acceptors (Lipinski definition) is 4. The smallest absolute Gasteiger partial charge is 0.353 e. The molecule has 218 valence electrons. The summed E-state index contributed by atoms with van der Waals surface area (Å²) in [5, 5.41) is 0.808. The number of halogens is 6. The highest BCUT2D eigenvalue weighted by Crippen LogP contribution is 2.36. The van der Waals surface area contributed by atoms with Crippen LogP contribution in [0.5, 0.6) is 0 Å². The fourth-order valence-corrected chi connectivity index (χ4v) is 5.93. The molecule has 0 spiro atoms. The fourth-order valence-electron chi connectivity index (χ4n) is 5.62. The Kier molecular flexibility index (Phi) is 8.63. The molecule has 2 aliphatic heterocycles. The minimum absolute atomic E-state index is 0.0767. The lowest BCUT2D eigenvalue weighted by Crippen LogP contribution is -2.53. The molecule has 2 aromatic carbocycles. The van der Waals surface area contributed by atoms with Gasteiger partial charge in [-0.3, -0.25) is 4.90 Å². The van der Waals surface area contributed by atoms with Gasteiger partial charge in [0, 0.05) is 64.0 Å². The highest BCUT2D eigenvalue weighted by molar-refractivity contribution is 6.42. The lowest BCUT2D eigenvalue weighted by atomic mass is 9.93. The molecule has 6 nitrogen and oxygen atoms in total. The first kappa shape index (κ1) is 29.4. The van der Waals surface area contributed by atoms with Crippen molar-refractivity contribution in [3.05, 3.63) is 93.3 Å². The number of carbonyl (C=O) groups excluding carboxylic acids is 1. The first-order valence-corrected chi connectivity index (χ1v) is 14.0. The van der Waals surface area contributed by atoms with E-state index < -0.39 is 17.6 Å². The number of pyridine rings is 1. The number of urea groups is 1. The predicted octanol–water partition coefficient (Wildman–Crippen LogP) is 6.39. The number of rotatable bonds is 5. The normalized spacial score (nSPS) is 19.8. The Hall–Kier alpha value is -3.08. The second-order valence-electron chi connectivity index (χ2n) is 10.4. The summed E-state index contributed by atoms with van der Waals surface area (Å²) < 4.78 is 53.4. The van der Waals surface area contributed by atoms with Crippen LogP contribution in [0.25, 0.3) is 0 Å². The van der Waals surface area contributed by atoms with Crippen LogP contribution in [0, 0.1) is 5.82 Å². The van der Waals surface area contributed by atoms with Crippen LogP contribution in [0.15, 0.2) is 60.8 Å². The van der Waals surface area contributed by atoms with Crippen LogP contribution in [0.2, 0.25) is 10.0 Å². The van der Waals surface area contributed by atoms with E-state index in [1.165, 1.54) is 6.07 Å². The van der Waals surface area contributed by atoms with Crippen LogP contribution in [-0.4, -0.2) is 78.1 Å². The lowest BCUT2D eigenvalue weighted by Gasteiger charge is -2.37. The Bertz CT molecular complexity index is 1390. The zero-order valence-electron chi connectivity index (χ0n) is 22.3. The van der Waals surface area contributed by atoms with Gasteiger partial charge in [-0.25, -0.2) is 14.2 Å². The molecule has 2 fully saturated rings. The van der Waals surface area contributed by atoms with Crippen molar-refractivity contribution in [3.63, 3.8) is 0 Å². The Morgan fingerprint density at radius 1 is 0.976 bits per heavy atom. The summed E-state index contributed by atoms with van der Waals surface area (Å²) in [5.41, 5.74) is 0.00444. The van der Waals surface area contributed by atoms with Gasteiger partial charge in [0.15, 0.2) is 0 Å². The zero-order valence-corrected chi connectivity index (χ0v) is 23.8. The van der Waals surface area contributed by atoms with Crippen molar-refractivity contribution in [3.8, 4) is 0 Å². The molecule has 0 saturated carbocycles. The van der Waals surface area contributed by atoms with Gasteiger partial charge in [-0.1, -0.05) is 41.4 Å². The number of aromatic nitrogens is 1. The molecule has 41 heavy (non-hydrogen) atoms. The van der Waals surface area contributed by atoms with Gasteiger partial charge < -0.3 is 14.7 Å². The average molecular weight is 610 g/mol. The fraction of sp³-hybridized carbons (Fsp3) is 0.379. The molecule has 12 heteroatoms. The molecular weight excluding hydrogens is 581 g/mol. The summed E-state index contributed by atoms with van der Waals surface area (Å²) in [5.74, 6) is -0.577. The van der Waals surface area contributed by atoms with E-state index in [4.69, 9.17) is 23.2 Å². The average Bonchev–Trinajstić information content (AvgIpc) is 3.40. The maximum Gasteiger partial charge on any atom is 0.419 e. The van der Waals surface area contributed by atoms with Crippen LogP contribution in [0.1, 0.15) is 22.6 Å². The number of hydrogen-bond donors (Lipinski definition) is 0. The largest absolute Gasteiger partial charge is 0.419 e. The third-order valence-electron chi connectivity index (χ3n) is 7.79. The molecule has 2 amide bonds. The van der Waals surface area contributed by atoms with Crippen LogP contribution >= 0.6 is 23.2 Å². The van der Waals surface area contributed by atoms with Crippen molar-refractivity contribution in [1.82, 2.24) is 19.7 Å². The number of amides is 2. The molecule has 0 aliphatic carbocycles. The summed E-state index contributed by atoms with van der Waals surface area (Å²) in [6, 6.07) is 13.8. The number of alkyl halides is 3. The highest BCUT2D eigenvalue weighted by atomic mass is 35.5. The van der Waals surface area contributed by atoms with E-state index in [1.807, 2.05) is 41.1 Å². The number of anilines is 1. The molecule has 2 saturated heterocycles. The predicted molar refractivity (Wildman–Crippen MR) is 151 cm³/mol. The molecule has 2 atom stereocenters. The maximum absolute atomic E-state index is 14.3. The van der Waals surface area contributed by atoms with Gasteiger partial charge in [-0.2, -0.15) is 13.2 Å². The van der Waals surface area contributed by atoms with Crippen molar-refractivity contribution in [2.75, 3.05) is 51.2 Å². The molecule has 5 rings (SSSR count). The number of likely N-dealkylation sites (tertiary alicyclic amines) is 1. The van der Waals surface area contributed by atoms with E-state index in [-0.39, 0.29) is 24.5 Å². The Morgan fingerprint density at radius 3 is 2.37 bits per heavy atom. The summed E-state index contributed by atoms with van der Waals surface area (Å²) in [6.07, 6.45) is -3.02. The van der Waals surface area contributed by atoms with Gasteiger partial charge in [-0.05, 0) is 54.6 Å². The Balaban J connectivity index is 1.32. The molecule has 0 radical (unpaired) electrons. The highest BCUT2D eigenvalue weighted by Gasteiger charge is 2.41. The number of piperazine rings is 1. The van der Waals surface area contributed by atoms with Crippen LogP contribution in [0.4, 0.5) is 28.2 Å². The van der Waals surface area contributed by atoms with E-state index in [0.717, 1.165) is 23.5 Å². The third-order valence-corrected chi connectivity index (χ3v) is 8.53. The minimum Gasteiger partial charge on any atom is -0.353 e. The summed E-state index contributed by atoms with van der Waals surface area (Å²) in [7, 11) is 1.82. The van der Waals surface area contributed by atoms with Gasteiger partial charge >= 0.3 is 12.2 Å². The SMILES string of the molecule is CN(Cc1ccc(C(F)(F)F)c(F)c1)C1CN(C(=O)N2CCN(c3ccccn3)CC2)CC1c1ccc(Cl)c(Cl)c1. The van der Waals surface area contributed by atoms with Crippen molar-refractivity contribution < 1.29 is 22.4 Å². The number of nitrogens with zero attached hydrogens (tertiary/aromatic N) is 5. The van der Waals surface area contributed by atoms with Crippen molar-refractivity contribution in [2.24, 2.45) is 0 Å². The standard InChI is InChI=1S/C29H29Cl2F4N5O/c1-37(16-19-5-7-22(25(32)14-19)29(33,34)35)26-18-40(17-21(26)20-6-8-23(30)24(31)15-20)28(41)39-12-10-38(11-13-39)27-4-2-3-9-36-27/h2-9,14-15,21,26H,10-13,16-18H2,1H3. The van der Waals surface area contributed by atoms with Crippen LogP contribution in [0.3, 0.4) is 0 Å². The lowest BCUT2D eigenvalue weighted by molar-refractivity contribution is -0.140. The van der Waals surface area contributed by atoms with Gasteiger partial charge in [-0.15, -0.1) is 0 Å². The molecule has 2 aliphatic rings. The topological polar surface area (TPSA) is 42.9 Å². The molecule has 3 heterocycles. The summed E-state index contributed by atoms with van der Waals surface area (Å²) >= 11 is 12.5. The van der Waals surface area contributed by atoms with E-state index in [0.29, 0.717) is 54.9 Å². The van der Waals surface area contributed by atoms with Crippen molar-refractivity contribution in [2.45, 2.75) is 24.7 Å². The minimum atomic E-state index is -4.76. The molecule has 0 bridgehead atoms. The maximum atomic E-state index is 14.3.